The molecule has 0 radical (unpaired) electrons. The summed E-state index contributed by atoms with van der Waals surface area (Å²) >= 11 is 1.69. The number of anilines is 1. The topological polar surface area (TPSA) is 42.0 Å². The molecule has 0 bridgehead atoms. The van der Waals surface area contributed by atoms with E-state index in [9.17, 15) is 4.79 Å². The molecule has 1 amide bonds. The van der Waals surface area contributed by atoms with Crippen molar-refractivity contribution in [2.24, 2.45) is 5.92 Å². The highest BCUT2D eigenvalue weighted by Crippen LogP contribution is 2.39. The minimum absolute atomic E-state index is 0.0211. The van der Waals surface area contributed by atoms with Crippen molar-refractivity contribution < 1.29 is 4.79 Å². The maximum atomic E-state index is 12.9. The second-order valence-electron chi connectivity index (χ2n) is 6.39. The van der Waals surface area contributed by atoms with Crippen LogP contribution in [0.5, 0.6) is 0 Å². The molecule has 2 unspecified atom stereocenters. The van der Waals surface area contributed by atoms with Crippen LogP contribution in [0.2, 0.25) is 0 Å². The average molecular weight is 358 g/mol. The van der Waals surface area contributed by atoms with Gasteiger partial charge in [0.25, 0.3) is 0 Å². The van der Waals surface area contributed by atoms with Crippen molar-refractivity contribution in [3.05, 3.63) is 71.3 Å². The molecule has 2 aromatic carbocycles. The van der Waals surface area contributed by atoms with E-state index in [0.717, 1.165) is 39.3 Å². The third-order valence-corrected chi connectivity index (χ3v) is 5.86. The predicted octanol–water partition coefficient (Wildman–Crippen LogP) is 4.97. The molecule has 0 aliphatic heterocycles. The Balaban J connectivity index is 1.59. The SMILES string of the molecule is C#Cc1cccc(NC(=O)C2CC=CCC2c2nc3ccccc3s2)c1. The normalized spacial score (nSPS) is 19.2. The van der Waals surface area contributed by atoms with Gasteiger partial charge in [-0.3, -0.25) is 4.79 Å². The predicted molar refractivity (Wildman–Crippen MR) is 107 cm³/mol. The summed E-state index contributed by atoms with van der Waals surface area (Å²) in [4.78, 5) is 17.7. The van der Waals surface area contributed by atoms with Gasteiger partial charge in [0, 0.05) is 17.2 Å². The molecule has 1 heterocycles. The molecular weight excluding hydrogens is 340 g/mol. The molecule has 3 aromatic rings. The monoisotopic (exact) mass is 358 g/mol. The Morgan fingerprint density at radius 1 is 1.15 bits per heavy atom. The standard InChI is InChI=1S/C22H18N2OS/c1-2-15-8-7-9-16(14-15)23-21(25)17-10-3-4-11-18(17)22-24-19-12-5-6-13-20(19)26-22/h1,3-9,12-14,17-18H,10-11H2,(H,23,25). The number of nitrogens with one attached hydrogen (secondary N) is 1. The van der Waals surface area contributed by atoms with Crippen molar-refractivity contribution in [1.29, 1.82) is 0 Å². The van der Waals surface area contributed by atoms with Crippen LogP contribution >= 0.6 is 11.3 Å². The van der Waals surface area contributed by atoms with Gasteiger partial charge in [-0.1, -0.05) is 36.3 Å². The van der Waals surface area contributed by atoms with E-state index < -0.39 is 0 Å². The molecule has 0 fully saturated rings. The van der Waals surface area contributed by atoms with Gasteiger partial charge in [-0.15, -0.1) is 17.8 Å². The fourth-order valence-corrected chi connectivity index (χ4v) is 4.49. The maximum absolute atomic E-state index is 12.9. The summed E-state index contributed by atoms with van der Waals surface area (Å²) in [5, 5.41) is 4.06. The first-order chi connectivity index (χ1) is 12.7. The van der Waals surface area contributed by atoms with Gasteiger partial charge >= 0.3 is 0 Å². The van der Waals surface area contributed by atoms with Crippen LogP contribution in [-0.2, 0) is 4.79 Å². The van der Waals surface area contributed by atoms with E-state index >= 15 is 0 Å². The molecule has 3 nitrogen and oxygen atoms in total. The Labute approximate surface area is 156 Å². The van der Waals surface area contributed by atoms with Crippen LogP contribution in [0.3, 0.4) is 0 Å². The number of terminal acetylenes is 1. The molecule has 0 saturated heterocycles. The number of amides is 1. The van der Waals surface area contributed by atoms with Gasteiger partial charge in [-0.2, -0.15) is 0 Å². The fraction of sp³-hybridized carbons (Fsp3) is 0.182. The van der Waals surface area contributed by atoms with Crippen LogP contribution in [0.15, 0.2) is 60.7 Å². The molecule has 2 atom stereocenters. The number of hydrogen-bond donors (Lipinski definition) is 1. The van der Waals surface area contributed by atoms with Crippen molar-refractivity contribution in [1.82, 2.24) is 4.98 Å². The Morgan fingerprint density at radius 3 is 2.85 bits per heavy atom. The van der Waals surface area contributed by atoms with Gasteiger partial charge in [-0.05, 0) is 43.2 Å². The number of aromatic nitrogens is 1. The van der Waals surface area contributed by atoms with Crippen LogP contribution in [0.4, 0.5) is 5.69 Å². The quantitative estimate of drug-likeness (QED) is 0.531. The molecule has 4 rings (SSSR count). The first kappa shape index (κ1) is 16.6. The summed E-state index contributed by atoms with van der Waals surface area (Å²) < 4.78 is 1.16. The summed E-state index contributed by atoms with van der Waals surface area (Å²) in [5.41, 5.74) is 2.50. The lowest BCUT2D eigenvalue weighted by molar-refractivity contribution is -0.120. The zero-order chi connectivity index (χ0) is 17.9. The largest absolute Gasteiger partial charge is 0.326 e. The highest BCUT2D eigenvalue weighted by atomic mass is 32.1. The zero-order valence-corrected chi connectivity index (χ0v) is 15.0. The van der Waals surface area contributed by atoms with Crippen LogP contribution in [-0.4, -0.2) is 10.9 Å². The van der Waals surface area contributed by atoms with Gasteiger partial charge in [0.05, 0.1) is 21.1 Å². The minimum Gasteiger partial charge on any atom is -0.326 e. The molecule has 0 spiro atoms. The van der Waals surface area contributed by atoms with E-state index in [0.29, 0.717) is 0 Å². The fourth-order valence-electron chi connectivity index (χ4n) is 3.35. The number of carbonyl (C=O) groups excluding carboxylic acids is 1. The summed E-state index contributed by atoms with van der Waals surface area (Å²) in [6.45, 7) is 0. The molecule has 1 N–H and O–H groups in total. The number of para-hydroxylation sites is 1. The Hall–Kier alpha value is -2.90. The average Bonchev–Trinajstić information content (AvgIpc) is 3.12. The molecule has 128 valence electrons. The third-order valence-electron chi connectivity index (χ3n) is 4.69. The van der Waals surface area contributed by atoms with E-state index in [1.54, 1.807) is 11.3 Å². The lowest BCUT2D eigenvalue weighted by Crippen LogP contribution is -2.29. The number of nitrogens with zero attached hydrogens (tertiary/aromatic N) is 1. The lowest BCUT2D eigenvalue weighted by atomic mass is 9.82. The molecule has 26 heavy (non-hydrogen) atoms. The molecular formula is C22H18N2OS. The molecule has 1 aromatic heterocycles. The van der Waals surface area contributed by atoms with Crippen LogP contribution in [0.1, 0.15) is 29.3 Å². The number of allylic oxidation sites excluding steroid dienone is 2. The second kappa shape index (κ2) is 7.15. The smallest absolute Gasteiger partial charge is 0.228 e. The van der Waals surface area contributed by atoms with Crippen molar-refractivity contribution in [3.8, 4) is 12.3 Å². The van der Waals surface area contributed by atoms with Gasteiger partial charge in [0.15, 0.2) is 0 Å². The van der Waals surface area contributed by atoms with Gasteiger partial charge < -0.3 is 5.32 Å². The van der Waals surface area contributed by atoms with E-state index in [1.807, 2.05) is 42.5 Å². The number of carbonyl (C=O) groups is 1. The molecule has 0 saturated carbocycles. The Kier molecular flexibility index (Phi) is 4.55. The number of fused-ring (bicyclic) bond motifs is 1. The van der Waals surface area contributed by atoms with Crippen molar-refractivity contribution in [3.63, 3.8) is 0 Å². The van der Waals surface area contributed by atoms with Crippen molar-refractivity contribution in [2.75, 3.05) is 5.32 Å². The minimum atomic E-state index is -0.130. The van der Waals surface area contributed by atoms with Crippen LogP contribution in [0.25, 0.3) is 10.2 Å². The van der Waals surface area contributed by atoms with Crippen LogP contribution < -0.4 is 5.32 Å². The molecule has 1 aliphatic carbocycles. The zero-order valence-electron chi connectivity index (χ0n) is 14.2. The van der Waals surface area contributed by atoms with E-state index in [1.165, 1.54) is 0 Å². The maximum Gasteiger partial charge on any atom is 0.228 e. The summed E-state index contributed by atoms with van der Waals surface area (Å²) in [6, 6.07) is 15.5. The van der Waals surface area contributed by atoms with E-state index in [-0.39, 0.29) is 17.7 Å². The highest BCUT2D eigenvalue weighted by molar-refractivity contribution is 7.18. The second-order valence-corrected chi connectivity index (χ2v) is 7.45. The third kappa shape index (κ3) is 3.26. The number of hydrogen-bond acceptors (Lipinski definition) is 3. The summed E-state index contributed by atoms with van der Waals surface area (Å²) in [6.07, 6.45) is 11.2. The number of rotatable bonds is 3. The molecule has 1 aliphatic rings. The first-order valence-electron chi connectivity index (χ1n) is 8.62. The Bertz CT molecular complexity index is 995. The van der Waals surface area contributed by atoms with E-state index in [2.05, 4.69) is 29.5 Å². The van der Waals surface area contributed by atoms with Crippen molar-refractivity contribution >= 4 is 33.1 Å². The first-order valence-corrected chi connectivity index (χ1v) is 9.44. The van der Waals surface area contributed by atoms with E-state index in [4.69, 9.17) is 11.4 Å². The van der Waals surface area contributed by atoms with Gasteiger partial charge in [0.2, 0.25) is 5.91 Å². The van der Waals surface area contributed by atoms with Gasteiger partial charge in [-0.25, -0.2) is 4.98 Å². The van der Waals surface area contributed by atoms with Crippen molar-refractivity contribution in [2.45, 2.75) is 18.8 Å². The summed E-state index contributed by atoms with van der Waals surface area (Å²) in [7, 11) is 0. The Morgan fingerprint density at radius 2 is 2.00 bits per heavy atom. The number of benzene rings is 2. The highest BCUT2D eigenvalue weighted by Gasteiger charge is 2.32. The van der Waals surface area contributed by atoms with Crippen LogP contribution in [0, 0.1) is 18.3 Å². The lowest BCUT2D eigenvalue weighted by Gasteiger charge is -2.26. The summed E-state index contributed by atoms with van der Waals surface area (Å²) in [5.74, 6) is 2.60. The van der Waals surface area contributed by atoms with Gasteiger partial charge in [0.1, 0.15) is 0 Å². The number of thiazole rings is 1. The molecule has 4 heteroatoms.